The summed E-state index contributed by atoms with van der Waals surface area (Å²) < 4.78 is 5.63. The Balaban J connectivity index is 2.61. The van der Waals surface area contributed by atoms with Gasteiger partial charge in [-0.2, -0.15) is 0 Å². The van der Waals surface area contributed by atoms with Crippen molar-refractivity contribution in [2.45, 2.75) is 46.7 Å². The van der Waals surface area contributed by atoms with Crippen LogP contribution in [0.3, 0.4) is 0 Å². The molecule has 0 heterocycles. The van der Waals surface area contributed by atoms with Crippen LogP contribution in [0.5, 0.6) is 5.75 Å². The van der Waals surface area contributed by atoms with Gasteiger partial charge in [-0.25, -0.2) is 0 Å². The number of nitrogens with one attached hydrogen (secondary N) is 2. The van der Waals surface area contributed by atoms with Crippen LogP contribution in [0.15, 0.2) is 18.2 Å². The Bertz CT molecular complexity index is 430. The van der Waals surface area contributed by atoms with Gasteiger partial charge in [0.05, 0.1) is 0 Å². The number of carbonyl (C=O) groups is 1. The lowest BCUT2D eigenvalue weighted by molar-refractivity contribution is -0.123. The Kier molecular flexibility index (Phi) is 7.09. The van der Waals surface area contributed by atoms with Gasteiger partial charge in [-0.15, -0.1) is 0 Å². The normalized spacial score (nSPS) is 10.7. The fourth-order valence-corrected chi connectivity index (χ4v) is 1.76. The molecule has 0 aliphatic heterocycles. The van der Waals surface area contributed by atoms with Gasteiger partial charge in [-0.05, 0) is 19.4 Å². The Labute approximate surface area is 121 Å². The first-order chi connectivity index (χ1) is 9.52. The zero-order valence-electron chi connectivity index (χ0n) is 13.0. The molecule has 1 amide bonds. The minimum absolute atomic E-state index is 0.0672. The Morgan fingerprint density at radius 3 is 2.75 bits per heavy atom. The highest BCUT2D eigenvalue weighted by Gasteiger charge is 2.07. The highest BCUT2D eigenvalue weighted by Crippen LogP contribution is 2.20. The summed E-state index contributed by atoms with van der Waals surface area (Å²) in [5, 5.41) is 6.17. The van der Waals surface area contributed by atoms with Crippen LogP contribution in [0.2, 0.25) is 0 Å². The first-order valence-electron chi connectivity index (χ1n) is 7.25. The van der Waals surface area contributed by atoms with Crippen molar-refractivity contribution < 1.29 is 9.53 Å². The van der Waals surface area contributed by atoms with E-state index in [9.17, 15) is 4.79 Å². The number of ether oxygens (including phenoxy) is 1. The molecule has 0 saturated heterocycles. The first-order valence-corrected chi connectivity index (χ1v) is 7.25. The van der Waals surface area contributed by atoms with E-state index in [2.05, 4.69) is 37.5 Å². The number of hydrogen-bond donors (Lipinski definition) is 2. The van der Waals surface area contributed by atoms with Crippen LogP contribution < -0.4 is 15.4 Å². The third-order valence-corrected chi connectivity index (χ3v) is 2.85. The van der Waals surface area contributed by atoms with E-state index in [4.69, 9.17) is 4.74 Å². The summed E-state index contributed by atoms with van der Waals surface area (Å²) in [6.45, 7) is 9.79. The molecule has 0 aliphatic rings. The molecule has 0 saturated carbocycles. The molecule has 2 N–H and O–H groups in total. The van der Waals surface area contributed by atoms with E-state index in [1.54, 1.807) is 0 Å². The lowest BCUT2D eigenvalue weighted by Gasteiger charge is -2.14. The summed E-state index contributed by atoms with van der Waals surface area (Å²) in [5.74, 6) is 0.700. The molecule has 0 unspecified atom stereocenters. The number of rotatable bonds is 8. The molecule has 0 radical (unpaired) electrons. The average Bonchev–Trinajstić information content (AvgIpc) is 2.41. The third kappa shape index (κ3) is 6.06. The van der Waals surface area contributed by atoms with Gasteiger partial charge in [0.25, 0.3) is 5.91 Å². The smallest absolute Gasteiger partial charge is 0.257 e. The van der Waals surface area contributed by atoms with Crippen LogP contribution in [0.4, 0.5) is 0 Å². The van der Waals surface area contributed by atoms with Crippen molar-refractivity contribution in [2.24, 2.45) is 0 Å². The Morgan fingerprint density at radius 1 is 1.35 bits per heavy atom. The lowest BCUT2D eigenvalue weighted by atomic mass is 10.1. The summed E-state index contributed by atoms with van der Waals surface area (Å²) in [4.78, 5) is 11.6. The summed E-state index contributed by atoms with van der Waals surface area (Å²) in [5.41, 5.74) is 2.27. The molecule has 4 heteroatoms. The van der Waals surface area contributed by atoms with Gasteiger partial charge < -0.3 is 15.4 Å². The van der Waals surface area contributed by atoms with E-state index in [1.807, 2.05) is 19.1 Å². The highest BCUT2D eigenvalue weighted by atomic mass is 16.5. The van der Waals surface area contributed by atoms with Gasteiger partial charge >= 0.3 is 0 Å². The molecule has 1 aromatic rings. The van der Waals surface area contributed by atoms with Gasteiger partial charge in [-0.3, -0.25) is 4.79 Å². The molecule has 1 rings (SSSR count). The van der Waals surface area contributed by atoms with Crippen LogP contribution in [0, 0.1) is 6.92 Å². The maximum absolute atomic E-state index is 11.6. The fourth-order valence-electron chi connectivity index (χ4n) is 1.76. The van der Waals surface area contributed by atoms with Crippen LogP contribution in [0.25, 0.3) is 0 Å². The molecule has 1 aromatic carbocycles. The molecular formula is C16H26N2O2. The molecule has 0 aromatic heterocycles. The van der Waals surface area contributed by atoms with Gasteiger partial charge in [-0.1, -0.05) is 38.5 Å². The minimum Gasteiger partial charge on any atom is -0.483 e. The van der Waals surface area contributed by atoms with Gasteiger partial charge in [0.1, 0.15) is 5.75 Å². The summed E-state index contributed by atoms with van der Waals surface area (Å²) in [6, 6.07) is 6.43. The summed E-state index contributed by atoms with van der Waals surface area (Å²) >= 11 is 0. The monoisotopic (exact) mass is 278 g/mol. The van der Waals surface area contributed by atoms with E-state index < -0.39 is 0 Å². The lowest BCUT2D eigenvalue weighted by Crippen LogP contribution is -2.29. The van der Waals surface area contributed by atoms with Crippen LogP contribution >= 0.6 is 0 Å². The number of hydrogen-bond acceptors (Lipinski definition) is 3. The van der Waals surface area contributed by atoms with Crippen molar-refractivity contribution in [3.63, 3.8) is 0 Å². The molecule has 20 heavy (non-hydrogen) atoms. The molecule has 0 fully saturated rings. The van der Waals surface area contributed by atoms with Crippen molar-refractivity contribution in [2.75, 3.05) is 13.2 Å². The number of carbonyl (C=O) groups excluding carboxylic acids is 1. The van der Waals surface area contributed by atoms with Crippen molar-refractivity contribution in [1.29, 1.82) is 0 Å². The summed E-state index contributed by atoms with van der Waals surface area (Å²) in [6.07, 6.45) is 0.930. The quantitative estimate of drug-likeness (QED) is 0.767. The number of amides is 1. The number of aryl methyl sites for hydroxylation is 1. The molecule has 0 spiro atoms. The Morgan fingerprint density at radius 2 is 2.10 bits per heavy atom. The second kappa shape index (κ2) is 8.59. The zero-order chi connectivity index (χ0) is 15.0. The van der Waals surface area contributed by atoms with Gasteiger partial charge in [0.15, 0.2) is 6.61 Å². The molecule has 0 aliphatic carbocycles. The minimum atomic E-state index is -0.0739. The van der Waals surface area contributed by atoms with Gasteiger partial charge in [0.2, 0.25) is 0 Å². The van der Waals surface area contributed by atoms with Crippen molar-refractivity contribution in [3.05, 3.63) is 29.3 Å². The third-order valence-electron chi connectivity index (χ3n) is 2.85. The largest absolute Gasteiger partial charge is 0.483 e. The maximum Gasteiger partial charge on any atom is 0.257 e. The Hall–Kier alpha value is -1.55. The molecule has 112 valence electrons. The first kappa shape index (κ1) is 16.5. The molecule has 0 bridgehead atoms. The molecular weight excluding hydrogens is 252 g/mol. The standard InChI is InChI=1S/C16H26N2O2/c1-5-8-17-16(19)11-20-15-7-6-13(4)9-14(15)10-18-12(2)3/h6-7,9,12,18H,5,8,10-11H2,1-4H3,(H,17,19). The van der Waals surface area contributed by atoms with E-state index in [0.29, 0.717) is 12.6 Å². The number of benzene rings is 1. The average molecular weight is 278 g/mol. The highest BCUT2D eigenvalue weighted by molar-refractivity contribution is 5.77. The topological polar surface area (TPSA) is 50.4 Å². The zero-order valence-corrected chi connectivity index (χ0v) is 13.0. The second-order valence-corrected chi connectivity index (χ2v) is 5.29. The SMILES string of the molecule is CCCNC(=O)COc1ccc(C)cc1CNC(C)C. The van der Waals surface area contributed by atoms with Gasteiger partial charge in [0, 0.05) is 24.7 Å². The van der Waals surface area contributed by atoms with Crippen molar-refractivity contribution in [3.8, 4) is 5.75 Å². The predicted octanol–water partition coefficient (Wildman–Crippen LogP) is 2.40. The molecule has 4 nitrogen and oxygen atoms in total. The second-order valence-electron chi connectivity index (χ2n) is 5.29. The fraction of sp³-hybridized carbons (Fsp3) is 0.562. The molecule has 0 atom stereocenters. The summed E-state index contributed by atoms with van der Waals surface area (Å²) in [7, 11) is 0. The van der Waals surface area contributed by atoms with Crippen molar-refractivity contribution in [1.82, 2.24) is 10.6 Å². The van der Waals surface area contributed by atoms with E-state index in [1.165, 1.54) is 5.56 Å². The van der Waals surface area contributed by atoms with Crippen molar-refractivity contribution >= 4 is 5.91 Å². The van der Waals surface area contributed by atoms with Crippen LogP contribution in [-0.4, -0.2) is 25.1 Å². The van der Waals surface area contributed by atoms with E-state index >= 15 is 0 Å². The van der Waals surface area contributed by atoms with Crippen LogP contribution in [0.1, 0.15) is 38.3 Å². The van der Waals surface area contributed by atoms with E-state index in [0.717, 1.165) is 24.3 Å². The maximum atomic E-state index is 11.6. The van der Waals surface area contributed by atoms with E-state index in [-0.39, 0.29) is 12.5 Å². The van der Waals surface area contributed by atoms with Crippen LogP contribution in [-0.2, 0) is 11.3 Å². The predicted molar refractivity (Wildman–Crippen MR) is 82.0 cm³/mol.